The van der Waals surface area contributed by atoms with Crippen LogP contribution in [0.1, 0.15) is 56.7 Å². The predicted octanol–water partition coefficient (Wildman–Crippen LogP) is 3.12. The van der Waals surface area contributed by atoms with Gasteiger partial charge in [-0.25, -0.2) is 13.1 Å². The van der Waals surface area contributed by atoms with Gasteiger partial charge in [-0.2, -0.15) is 5.10 Å². The Morgan fingerprint density at radius 1 is 1.21 bits per heavy atom. The van der Waals surface area contributed by atoms with E-state index in [1.165, 1.54) is 12.1 Å². The Morgan fingerprint density at radius 3 is 2.43 bits per heavy atom. The summed E-state index contributed by atoms with van der Waals surface area (Å²) in [6.45, 7) is 10.4. The largest absolute Gasteiger partial charge is 0.349 e. The quantitative estimate of drug-likeness (QED) is 0.665. The van der Waals surface area contributed by atoms with E-state index < -0.39 is 10.0 Å². The maximum absolute atomic E-state index is 12.4. The molecule has 2 rings (SSSR count). The van der Waals surface area contributed by atoms with E-state index in [0.717, 1.165) is 5.69 Å². The van der Waals surface area contributed by atoms with Gasteiger partial charge in [0.15, 0.2) is 0 Å². The number of carbonyl (C=O) groups is 1. The summed E-state index contributed by atoms with van der Waals surface area (Å²) < 4.78 is 28.8. The summed E-state index contributed by atoms with van der Waals surface area (Å²) in [6.07, 6.45) is 0. The van der Waals surface area contributed by atoms with Gasteiger partial charge in [-0.15, -0.1) is 0 Å². The molecule has 0 aliphatic carbocycles. The van der Waals surface area contributed by atoms with Crippen molar-refractivity contribution in [2.75, 3.05) is 13.1 Å². The van der Waals surface area contributed by atoms with Crippen LogP contribution < -0.4 is 10.0 Å². The summed E-state index contributed by atoms with van der Waals surface area (Å²) in [7, 11) is -3.68. The van der Waals surface area contributed by atoms with Crippen molar-refractivity contribution < 1.29 is 13.2 Å². The van der Waals surface area contributed by atoms with Crippen LogP contribution >= 0.6 is 11.6 Å². The van der Waals surface area contributed by atoms with Gasteiger partial charge in [0.2, 0.25) is 10.0 Å². The Balaban J connectivity index is 1.98. The molecule has 0 saturated carbocycles. The number of sulfonamides is 1. The Morgan fingerprint density at radius 2 is 1.89 bits per heavy atom. The third-order valence-electron chi connectivity index (χ3n) is 4.01. The summed E-state index contributed by atoms with van der Waals surface area (Å²) in [6, 6.07) is 7.77. The molecule has 28 heavy (non-hydrogen) atoms. The van der Waals surface area contributed by atoms with Gasteiger partial charge in [-0.1, -0.05) is 31.5 Å². The molecule has 1 amide bonds. The number of aromatic nitrogens is 2. The lowest BCUT2D eigenvalue weighted by atomic mass is 10.1. The number of nitrogens with one attached hydrogen (secondary N) is 2. The van der Waals surface area contributed by atoms with Crippen molar-refractivity contribution in [3.05, 3.63) is 46.7 Å². The van der Waals surface area contributed by atoms with E-state index in [4.69, 9.17) is 11.6 Å². The maximum atomic E-state index is 12.4. The summed E-state index contributed by atoms with van der Waals surface area (Å²) in [4.78, 5) is 12.5. The van der Waals surface area contributed by atoms with Crippen molar-refractivity contribution in [1.29, 1.82) is 0 Å². The third-order valence-corrected chi connectivity index (χ3v) is 5.70. The lowest BCUT2D eigenvalue weighted by Gasteiger charge is -2.23. The van der Waals surface area contributed by atoms with Crippen molar-refractivity contribution in [2.24, 2.45) is 0 Å². The molecule has 0 spiro atoms. The van der Waals surface area contributed by atoms with E-state index in [2.05, 4.69) is 15.1 Å². The molecular formula is C19H27ClN4O3S. The highest BCUT2D eigenvalue weighted by Crippen LogP contribution is 2.23. The molecule has 154 valence electrons. The van der Waals surface area contributed by atoms with E-state index in [-0.39, 0.29) is 35.3 Å². The van der Waals surface area contributed by atoms with Gasteiger partial charge in [0.25, 0.3) is 5.91 Å². The van der Waals surface area contributed by atoms with Gasteiger partial charge >= 0.3 is 0 Å². The van der Waals surface area contributed by atoms with Crippen LogP contribution in [-0.4, -0.2) is 37.2 Å². The highest BCUT2D eigenvalue weighted by atomic mass is 35.5. The second kappa shape index (κ2) is 8.63. The SMILES string of the molecule is CC(C)c1cc(C(=O)NCCNS(=O)(=O)c2cccc(Cl)c2)nn1C(C)(C)C. The molecule has 2 N–H and O–H groups in total. The first-order chi connectivity index (χ1) is 12.9. The molecule has 0 unspecified atom stereocenters. The standard InChI is InChI=1S/C19H27ClN4O3S/c1-13(2)17-12-16(23-24(17)19(3,4)5)18(25)21-9-10-22-28(26,27)15-8-6-7-14(20)11-15/h6-8,11-13,22H,9-10H2,1-5H3,(H,21,25). The van der Waals surface area contributed by atoms with E-state index in [9.17, 15) is 13.2 Å². The van der Waals surface area contributed by atoms with E-state index in [0.29, 0.717) is 10.7 Å². The molecule has 1 aromatic heterocycles. The summed E-state index contributed by atoms with van der Waals surface area (Å²) >= 11 is 5.83. The maximum Gasteiger partial charge on any atom is 0.271 e. The zero-order chi connectivity index (χ0) is 21.1. The van der Waals surface area contributed by atoms with E-state index in [1.54, 1.807) is 18.2 Å². The fraction of sp³-hybridized carbons (Fsp3) is 0.474. The molecule has 2 aromatic rings. The number of carbonyl (C=O) groups excluding carboxylic acids is 1. The zero-order valence-electron chi connectivity index (χ0n) is 16.8. The molecule has 0 fully saturated rings. The highest BCUT2D eigenvalue weighted by Gasteiger charge is 2.23. The van der Waals surface area contributed by atoms with Crippen molar-refractivity contribution in [2.45, 2.75) is 51.0 Å². The second-order valence-corrected chi connectivity index (χ2v) is 10.0. The Hall–Kier alpha value is -1.90. The monoisotopic (exact) mass is 426 g/mol. The molecular weight excluding hydrogens is 400 g/mol. The Bertz CT molecular complexity index is 946. The number of halogens is 1. The number of benzene rings is 1. The number of hydrogen-bond donors (Lipinski definition) is 2. The van der Waals surface area contributed by atoms with Gasteiger partial charge < -0.3 is 5.32 Å². The van der Waals surface area contributed by atoms with Crippen molar-refractivity contribution in [1.82, 2.24) is 19.8 Å². The molecule has 7 nitrogen and oxygen atoms in total. The first-order valence-electron chi connectivity index (χ1n) is 9.05. The third kappa shape index (κ3) is 5.56. The van der Waals surface area contributed by atoms with Crippen LogP contribution in [0.4, 0.5) is 0 Å². The molecule has 1 heterocycles. The van der Waals surface area contributed by atoms with Crippen LogP contribution in [0.3, 0.4) is 0 Å². The Labute approximate surface area is 171 Å². The van der Waals surface area contributed by atoms with Gasteiger partial charge in [-0.05, 0) is 51.0 Å². The normalized spacial score (nSPS) is 12.4. The lowest BCUT2D eigenvalue weighted by molar-refractivity contribution is 0.0947. The van der Waals surface area contributed by atoms with Crippen LogP contribution in [0.2, 0.25) is 5.02 Å². The molecule has 0 saturated heterocycles. The average Bonchev–Trinajstić information content (AvgIpc) is 3.05. The van der Waals surface area contributed by atoms with Crippen molar-refractivity contribution in [3.63, 3.8) is 0 Å². The lowest BCUT2D eigenvalue weighted by Crippen LogP contribution is -2.35. The molecule has 0 atom stereocenters. The fourth-order valence-electron chi connectivity index (χ4n) is 2.62. The number of amides is 1. The van der Waals surface area contributed by atoms with Crippen molar-refractivity contribution >= 4 is 27.5 Å². The number of hydrogen-bond acceptors (Lipinski definition) is 4. The minimum atomic E-state index is -3.68. The smallest absolute Gasteiger partial charge is 0.271 e. The van der Waals surface area contributed by atoms with Gasteiger partial charge in [-0.3, -0.25) is 9.48 Å². The molecule has 0 radical (unpaired) electrons. The van der Waals surface area contributed by atoms with Crippen LogP contribution in [0, 0.1) is 0 Å². The van der Waals surface area contributed by atoms with Crippen LogP contribution in [0.15, 0.2) is 35.2 Å². The summed E-state index contributed by atoms with van der Waals surface area (Å²) in [5.41, 5.74) is 1.04. The summed E-state index contributed by atoms with van der Waals surface area (Å²) in [5, 5.41) is 7.48. The first-order valence-corrected chi connectivity index (χ1v) is 10.9. The number of nitrogens with zero attached hydrogens (tertiary/aromatic N) is 2. The fourth-order valence-corrected chi connectivity index (χ4v) is 3.96. The average molecular weight is 427 g/mol. The molecule has 0 aliphatic heterocycles. The topological polar surface area (TPSA) is 93.1 Å². The minimum absolute atomic E-state index is 0.0532. The van der Waals surface area contributed by atoms with Gasteiger partial charge in [0.1, 0.15) is 5.69 Å². The Kier molecular flexibility index (Phi) is 6.90. The molecule has 1 aromatic carbocycles. The van der Waals surface area contributed by atoms with Crippen LogP contribution in [0.25, 0.3) is 0 Å². The predicted molar refractivity (Wildman–Crippen MR) is 110 cm³/mol. The molecule has 9 heteroatoms. The highest BCUT2D eigenvalue weighted by molar-refractivity contribution is 7.89. The molecule has 0 aliphatic rings. The van der Waals surface area contributed by atoms with E-state index in [1.807, 2.05) is 39.3 Å². The van der Waals surface area contributed by atoms with Crippen LogP contribution in [-0.2, 0) is 15.6 Å². The van der Waals surface area contributed by atoms with Gasteiger partial charge in [0, 0.05) is 23.8 Å². The van der Waals surface area contributed by atoms with Crippen molar-refractivity contribution in [3.8, 4) is 0 Å². The summed E-state index contributed by atoms with van der Waals surface area (Å²) in [5.74, 6) is -0.121. The molecule has 0 bridgehead atoms. The minimum Gasteiger partial charge on any atom is -0.349 e. The zero-order valence-corrected chi connectivity index (χ0v) is 18.4. The van der Waals surface area contributed by atoms with Crippen LogP contribution in [0.5, 0.6) is 0 Å². The first kappa shape index (κ1) is 22.4. The second-order valence-electron chi connectivity index (χ2n) is 7.80. The van der Waals surface area contributed by atoms with E-state index >= 15 is 0 Å². The number of rotatable bonds is 7. The van der Waals surface area contributed by atoms with Gasteiger partial charge in [0.05, 0.1) is 10.4 Å².